The van der Waals surface area contributed by atoms with Gasteiger partial charge >= 0.3 is 5.97 Å². The first-order valence-corrected chi connectivity index (χ1v) is 8.50. The van der Waals surface area contributed by atoms with E-state index >= 15 is 0 Å². The highest BCUT2D eigenvalue weighted by Gasteiger charge is 2.29. The van der Waals surface area contributed by atoms with Crippen molar-refractivity contribution in [3.05, 3.63) is 35.4 Å². The Bertz CT molecular complexity index is 559. The number of carbonyl (C=O) groups is 2. The van der Waals surface area contributed by atoms with Crippen molar-refractivity contribution in [3.8, 4) is 0 Å². The lowest BCUT2D eigenvalue weighted by Crippen LogP contribution is -2.33. The van der Waals surface area contributed by atoms with Crippen LogP contribution in [0.5, 0.6) is 0 Å². The van der Waals surface area contributed by atoms with E-state index in [1.807, 2.05) is 18.2 Å². The van der Waals surface area contributed by atoms with Crippen molar-refractivity contribution in [3.63, 3.8) is 0 Å². The lowest BCUT2D eigenvalue weighted by molar-refractivity contribution is -0.138. The highest BCUT2D eigenvalue weighted by atomic mass is 16.4. The van der Waals surface area contributed by atoms with Gasteiger partial charge in [0, 0.05) is 11.5 Å². The molecule has 4 heteroatoms. The molecule has 2 rings (SSSR count). The monoisotopic (exact) mass is 317 g/mol. The summed E-state index contributed by atoms with van der Waals surface area (Å²) in [5.74, 6) is 0.568. The predicted molar refractivity (Wildman–Crippen MR) is 90.4 cm³/mol. The van der Waals surface area contributed by atoms with Crippen molar-refractivity contribution < 1.29 is 14.7 Å². The number of hydrogen-bond acceptors (Lipinski definition) is 3. The number of nitrogens with two attached hydrogens (primary N) is 1. The molecule has 1 fully saturated rings. The molecule has 0 aromatic heterocycles. The summed E-state index contributed by atoms with van der Waals surface area (Å²) in [4.78, 5) is 23.8. The van der Waals surface area contributed by atoms with Gasteiger partial charge in [0.2, 0.25) is 0 Å². The maximum Gasteiger partial charge on any atom is 0.320 e. The van der Waals surface area contributed by atoms with E-state index in [9.17, 15) is 9.59 Å². The Morgan fingerprint density at radius 3 is 2.35 bits per heavy atom. The summed E-state index contributed by atoms with van der Waals surface area (Å²) in [6, 6.07) is 6.32. The summed E-state index contributed by atoms with van der Waals surface area (Å²) in [5.41, 5.74) is 7.04. The summed E-state index contributed by atoms with van der Waals surface area (Å²) >= 11 is 0. The molecule has 0 saturated heterocycles. The van der Waals surface area contributed by atoms with Crippen LogP contribution in [-0.2, 0) is 11.2 Å². The van der Waals surface area contributed by atoms with E-state index in [4.69, 9.17) is 10.8 Å². The second kappa shape index (κ2) is 7.73. The first-order chi connectivity index (χ1) is 10.9. The molecule has 0 spiro atoms. The van der Waals surface area contributed by atoms with Crippen LogP contribution in [0, 0.1) is 17.8 Å². The molecule has 23 heavy (non-hydrogen) atoms. The number of hydrogen-bond donors (Lipinski definition) is 2. The molecule has 0 radical (unpaired) electrons. The van der Waals surface area contributed by atoms with Gasteiger partial charge in [-0.2, -0.15) is 0 Å². The summed E-state index contributed by atoms with van der Waals surface area (Å²) in [5, 5.41) is 8.99. The lowest BCUT2D eigenvalue weighted by atomic mass is 9.74. The van der Waals surface area contributed by atoms with E-state index < -0.39 is 12.0 Å². The van der Waals surface area contributed by atoms with Gasteiger partial charge in [-0.1, -0.05) is 38.1 Å². The molecule has 4 nitrogen and oxygen atoms in total. The first kappa shape index (κ1) is 17.7. The van der Waals surface area contributed by atoms with Crippen molar-refractivity contribution >= 4 is 11.8 Å². The minimum atomic E-state index is -1.04. The highest BCUT2D eigenvalue weighted by Crippen LogP contribution is 2.35. The molecule has 0 bridgehead atoms. The third kappa shape index (κ3) is 4.41. The Hall–Kier alpha value is -1.68. The van der Waals surface area contributed by atoms with Crippen LogP contribution in [0.15, 0.2) is 24.3 Å². The molecule has 1 aliphatic carbocycles. The smallest absolute Gasteiger partial charge is 0.320 e. The minimum absolute atomic E-state index is 0.0622. The van der Waals surface area contributed by atoms with Crippen LogP contribution in [0.2, 0.25) is 0 Å². The second-order valence-electron chi connectivity index (χ2n) is 7.03. The average molecular weight is 317 g/mol. The Balaban J connectivity index is 2.09. The van der Waals surface area contributed by atoms with Gasteiger partial charge in [-0.05, 0) is 49.5 Å². The van der Waals surface area contributed by atoms with Crippen molar-refractivity contribution in [2.24, 2.45) is 23.5 Å². The Labute approximate surface area is 138 Å². The fourth-order valence-corrected chi connectivity index (χ4v) is 3.53. The molecule has 1 saturated carbocycles. The maximum absolute atomic E-state index is 12.9. The second-order valence-corrected chi connectivity index (χ2v) is 7.03. The molecule has 1 aliphatic rings. The van der Waals surface area contributed by atoms with Gasteiger partial charge in [0.15, 0.2) is 5.78 Å². The summed E-state index contributed by atoms with van der Waals surface area (Å²) in [6.07, 6.45) is 4.26. The zero-order valence-electron chi connectivity index (χ0n) is 14.0. The van der Waals surface area contributed by atoms with Crippen molar-refractivity contribution in [2.75, 3.05) is 0 Å². The van der Waals surface area contributed by atoms with Crippen LogP contribution in [0.4, 0.5) is 0 Å². The molecule has 0 aliphatic heterocycles. The Kier molecular flexibility index (Phi) is 5.94. The van der Waals surface area contributed by atoms with Gasteiger partial charge < -0.3 is 10.8 Å². The van der Waals surface area contributed by atoms with Gasteiger partial charge in [-0.15, -0.1) is 0 Å². The Morgan fingerprint density at radius 2 is 1.78 bits per heavy atom. The number of carboxylic acids is 1. The van der Waals surface area contributed by atoms with E-state index in [1.165, 1.54) is 0 Å². The molecule has 1 aromatic carbocycles. The third-order valence-corrected chi connectivity index (χ3v) is 5.13. The van der Waals surface area contributed by atoms with E-state index in [2.05, 4.69) is 13.8 Å². The van der Waals surface area contributed by atoms with E-state index in [0.717, 1.165) is 37.2 Å². The van der Waals surface area contributed by atoms with Crippen LogP contribution >= 0.6 is 0 Å². The molecule has 126 valence electrons. The number of aliphatic carboxylic acids is 1. The molecule has 1 aromatic rings. The largest absolute Gasteiger partial charge is 0.480 e. The Morgan fingerprint density at radius 1 is 1.17 bits per heavy atom. The molecular formula is C19H27NO3. The van der Waals surface area contributed by atoms with Crippen molar-refractivity contribution in [2.45, 2.75) is 52.0 Å². The zero-order valence-corrected chi connectivity index (χ0v) is 14.0. The van der Waals surface area contributed by atoms with Crippen LogP contribution in [0.3, 0.4) is 0 Å². The van der Waals surface area contributed by atoms with Crippen molar-refractivity contribution in [1.82, 2.24) is 0 Å². The van der Waals surface area contributed by atoms with Gasteiger partial charge in [-0.3, -0.25) is 9.59 Å². The van der Waals surface area contributed by atoms with Crippen LogP contribution < -0.4 is 5.73 Å². The number of rotatable bonds is 6. The zero-order chi connectivity index (χ0) is 17.0. The topological polar surface area (TPSA) is 80.4 Å². The van der Waals surface area contributed by atoms with Gasteiger partial charge in [0.05, 0.1) is 0 Å². The number of benzene rings is 1. The van der Waals surface area contributed by atoms with E-state index in [0.29, 0.717) is 11.5 Å². The number of ketones is 1. The fraction of sp³-hybridized carbons (Fsp3) is 0.579. The SMILES string of the molecule is CC(C)C1CCC(C(=O)c2ccccc2C[C@@H](N)C(=O)O)CC1. The number of carbonyl (C=O) groups excluding carboxylic acids is 1. The average Bonchev–Trinajstić information content (AvgIpc) is 2.54. The van der Waals surface area contributed by atoms with Crippen LogP contribution in [-0.4, -0.2) is 22.9 Å². The molecule has 0 heterocycles. The van der Waals surface area contributed by atoms with Gasteiger partial charge in [0.25, 0.3) is 0 Å². The molecule has 0 unspecified atom stereocenters. The molecule has 1 atom stereocenters. The minimum Gasteiger partial charge on any atom is -0.480 e. The van der Waals surface area contributed by atoms with Gasteiger partial charge in [-0.25, -0.2) is 0 Å². The maximum atomic E-state index is 12.9. The standard InChI is InChI=1S/C19H27NO3/c1-12(2)13-7-9-14(10-8-13)18(21)16-6-4-3-5-15(16)11-17(20)19(22)23/h3-6,12-14,17H,7-11,20H2,1-2H3,(H,22,23)/t13?,14?,17-/m1/s1. The van der Waals surface area contributed by atoms with E-state index in [1.54, 1.807) is 6.07 Å². The number of Topliss-reactive ketones (excluding diaryl/α,β-unsaturated/α-hetero) is 1. The highest BCUT2D eigenvalue weighted by molar-refractivity contribution is 5.99. The molecule has 0 amide bonds. The fourth-order valence-electron chi connectivity index (χ4n) is 3.53. The summed E-state index contributed by atoms with van der Waals surface area (Å²) in [7, 11) is 0. The normalized spacial score (nSPS) is 22.8. The summed E-state index contributed by atoms with van der Waals surface area (Å²) in [6.45, 7) is 4.49. The molecular weight excluding hydrogens is 290 g/mol. The summed E-state index contributed by atoms with van der Waals surface area (Å²) < 4.78 is 0. The van der Waals surface area contributed by atoms with Crippen LogP contribution in [0.25, 0.3) is 0 Å². The molecule has 3 N–H and O–H groups in total. The number of carboxylic acid groups (broad SMARTS) is 1. The third-order valence-electron chi connectivity index (χ3n) is 5.13. The van der Waals surface area contributed by atoms with Crippen LogP contribution in [0.1, 0.15) is 55.5 Å². The predicted octanol–water partition coefficient (Wildman–Crippen LogP) is 3.29. The van der Waals surface area contributed by atoms with E-state index in [-0.39, 0.29) is 18.1 Å². The quantitative estimate of drug-likeness (QED) is 0.789. The van der Waals surface area contributed by atoms with Crippen molar-refractivity contribution in [1.29, 1.82) is 0 Å². The van der Waals surface area contributed by atoms with Gasteiger partial charge in [0.1, 0.15) is 6.04 Å². The lowest BCUT2D eigenvalue weighted by Gasteiger charge is -2.30. The first-order valence-electron chi connectivity index (χ1n) is 8.50.